The second-order valence-corrected chi connectivity index (χ2v) is 8.39. The third kappa shape index (κ3) is 3.30. The molecule has 0 unspecified atom stereocenters. The Hall–Kier alpha value is -3.75. The van der Waals surface area contributed by atoms with Crippen molar-refractivity contribution in [3.8, 4) is 11.4 Å². The monoisotopic (exact) mass is 429 g/mol. The van der Waals surface area contributed by atoms with Gasteiger partial charge in [0, 0.05) is 50.1 Å². The number of aromatic nitrogens is 5. The van der Waals surface area contributed by atoms with Gasteiger partial charge in [-0.1, -0.05) is 11.2 Å². The molecule has 2 aliphatic rings. The van der Waals surface area contributed by atoms with Gasteiger partial charge in [0.1, 0.15) is 17.2 Å². The Labute approximate surface area is 184 Å². The number of amides is 1. The fourth-order valence-electron chi connectivity index (χ4n) is 4.21. The number of imidazole rings is 1. The number of fused-ring (bicyclic) bond motifs is 1. The first-order chi connectivity index (χ1) is 15.7. The Morgan fingerprint density at radius 2 is 1.91 bits per heavy atom. The fourth-order valence-corrected chi connectivity index (χ4v) is 4.21. The summed E-state index contributed by atoms with van der Waals surface area (Å²) in [5.41, 5.74) is 3.04. The summed E-state index contributed by atoms with van der Waals surface area (Å²) in [4.78, 5) is 30.9. The summed E-state index contributed by atoms with van der Waals surface area (Å²) >= 11 is 0. The maximum atomic E-state index is 13.2. The molecule has 162 valence electrons. The summed E-state index contributed by atoms with van der Waals surface area (Å²) in [5, 5.41) is 4.08. The van der Waals surface area contributed by atoms with Gasteiger partial charge in [0.15, 0.2) is 0 Å². The van der Waals surface area contributed by atoms with Crippen molar-refractivity contribution in [2.24, 2.45) is 0 Å². The Morgan fingerprint density at radius 3 is 2.66 bits per heavy atom. The van der Waals surface area contributed by atoms with E-state index < -0.39 is 0 Å². The van der Waals surface area contributed by atoms with E-state index in [0.29, 0.717) is 30.5 Å². The molecule has 0 N–H and O–H groups in total. The first kappa shape index (κ1) is 19.0. The van der Waals surface area contributed by atoms with Gasteiger partial charge in [-0.2, -0.15) is 4.98 Å². The zero-order valence-corrected chi connectivity index (χ0v) is 17.8. The molecular weight excluding hydrogens is 406 g/mol. The number of pyridine rings is 2. The van der Waals surface area contributed by atoms with Gasteiger partial charge in [-0.15, -0.1) is 0 Å². The third-order valence-corrected chi connectivity index (χ3v) is 6.17. The molecule has 32 heavy (non-hydrogen) atoms. The van der Waals surface area contributed by atoms with Crippen molar-refractivity contribution in [2.45, 2.75) is 25.7 Å². The minimum absolute atomic E-state index is 0.0210. The maximum Gasteiger partial charge on any atom is 0.272 e. The second kappa shape index (κ2) is 7.44. The summed E-state index contributed by atoms with van der Waals surface area (Å²) in [6, 6.07) is 9.72. The Bertz CT molecular complexity index is 1280. The third-order valence-electron chi connectivity index (χ3n) is 6.17. The molecule has 1 saturated heterocycles. The normalized spacial score (nSPS) is 16.7. The van der Waals surface area contributed by atoms with Gasteiger partial charge in [-0.05, 0) is 44.0 Å². The van der Waals surface area contributed by atoms with Crippen molar-refractivity contribution < 1.29 is 9.32 Å². The van der Waals surface area contributed by atoms with Crippen LogP contribution in [0.4, 0.5) is 5.82 Å². The zero-order valence-electron chi connectivity index (χ0n) is 17.8. The minimum atomic E-state index is 0.0210. The topological polar surface area (TPSA) is 92.7 Å². The second-order valence-electron chi connectivity index (χ2n) is 8.39. The van der Waals surface area contributed by atoms with Crippen LogP contribution >= 0.6 is 0 Å². The zero-order chi connectivity index (χ0) is 21.7. The van der Waals surface area contributed by atoms with E-state index >= 15 is 0 Å². The molecule has 0 atom stereocenters. The standard InChI is InChI=1S/C23H23N7O2/c1-15-20(30-9-3-2-4-19(30)25-15)23(31)29-12-10-28(11-13-29)18-8-7-17(14-24-18)21-26-22(32-27-21)16-5-6-16/h2-4,7-9,14,16H,5-6,10-13H2,1H3. The van der Waals surface area contributed by atoms with E-state index in [-0.39, 0.29) is 5.91 Å². The van der Waals surface area contributed by atoms with Gasteiger partial charge in [-0.25, -0.2) is 9.97 Å². The van der Waals surface area contributed by atoms with Crippen molar-refractivity contribution in [3.63, 3.8) is 0 Å². The minimum Gasteiger partial charge on any atom is -0.353 e. The number of hydrogen-bond donors (Lipinski definition) is 0. The highest BCUT2D eigenvalue weighted by Gasteiger charge is 2.30. The van der Waals surface area contributed by atoms with Crippen molar-refractivity contribution in [1.82, 2.24) is 29.4 Å². The van der Waals surface area contributed by atoms with Crippen molar-refractivity contribution >= 4 is 17.4 Å². The van der Waals surface area contributed by atoms with E-state index in [2.05, 4.69) is 25.0 Å². The van der Waals surface area contributed by atoms with Gasteiger partial charge in [0.05, 0.1) is 5.69 Å². The van der Waals surface area contributed by atoms with E-state index in [1.165, 1.54) is 0 Å². The van der Waals surface area contributed by atoms with Gasteiger partial charge >= 0.3 is 0 Å². The molecule has 1 amide bonds. The molecule has 4 aromatic rings. The van der Waals surface area contributed by atoms with E-state index in [0.717, 1.165) is 54.5 Å². The van der Waals surface area contributed by atoms with Crippen LogP contribution in [0.3, 0.4) is 0 Å². The Morgan fingerprint density at radius 1 is 1.06 bits per heavy atom. The number of rotatable bonds is 4. The Kier molecular flexibility index (Phi) is 4.41. The number of aryl methyl sites for hydroxylation is 1. The average Bonchev–Trinajstić information content (AvgIpc) is 3.46. The summed E-state index contributed by atoms with van der Waals surface area (Å²) in [6.07, 6.45) is 5.94. The number of piperazine rings is 1. The van der Waals surface area contributed by atoms with Crippen LogP contribution in [0.5, 0.6) is 0 Å². The molecule has 0 aromatic carbocycles. The van der Waals surface area contributed by atoms with Gasteiger partial charge < -0.3 is 14.3 Å². The molecule has 9 heteroatoms. The molecule has 0 bridgehead atoms. The summed E-state index contributed by atoms with van der Waals surface area (Å²) in [6.45, 7) is 4.61. The van der Waals surface area contributed by atoms with Crippen LogP contribution in [0.15, 0.2) is 47.2 Å². The van der Waals surface area contributed by atoms with Crippen molar-refractivity contribution in [3.05, 3.63) is 60.0 Å². The predicted octanol–water partition coefficient (Wildman–Crippen LogP) is 2.93. The molecule has 0 radical (unpaired) electrons. The van der Waals surface area contributed by atoms with E-state index in [9.17, 15) is 4.79 Å². The molecule has 1 aliphatic carbocycles. The maximum absolute atomic E-state index is 13.2. The number of anilines is 1. The van der Waals surface area contributed by atoms with Crippen LogP contribution in [0, 0.1) is 6.92 Å². The van der Waals surface area contributed by atoms with Crippen molar-refractivity contribution in [2.75, 3.05) is 31.1 Å². The van der Waals surface area contributed by atoms with Crippen LogP contribution in [-0.2, 0) is 0 Å². The smallest absolute Gasteiger partial charge is 0.272 e. The fraction of sp³-hybridized carbons (Fsp3) is 0.348. The molecule has 6 rings (SSSR count). The van der Waals surface area contributed by atoms with Crippen LogP contribution in [0.1, 0.15) is 40.8 Å². The molecule has 5 heterocycles. The van der Waals surface area contributed by atoms with Crippen molar-refractivity contribution in [1.29, 1.82) is 0 Å². The highest BCUT2D eigenvalue weighted by molar-refractivity contribution is 5.94. The summed E-state index contributed by atoms with van der Waals surface area (Å²) in [7, 11) is 0. The van der Waals surface area contributed by atoms with Crippen LogP contribution in [-0.4, -0.2) is 61.5 Å². The lowest BCUT2D eigenvalue weighted by Crippen LogP contribution is -2.49. The summed E-state index contributed by atoms with van der Waals surface area (Å²) < 4.78 is 7.22. The van der Waals surface area contributed by atoms with Crippen LogP contribution in [0.25, 0.3) is 17.0 Å². The number of nitrogens with zero attached hydrogens (tertiary/aromatic N) is 7. The van der Waals surface area contributed by atoms with E-state index in [1.54, 1.807) is 6.20 Å². The average molecular weight is 429 g/mol. The number of hydrogen-bond acceptors (Lipinski definition) is 7. The van der Waals surface area contributed by atoms with E-state index in [1.807, 2.05) is 52.8 Å². The lowest BCUT2D eigenvalue weighted by molar-refractivity contribution is 0.0738. The molecule has 2 fully saturated rings. The van der Waals surface area contributed by atoms with Gasteiger partial charge in [-0.3, -0.25) is 9.20 Å². The highest BCUT2D eigenvalue weighted by atomic mass is 16.5. The molecule has 0 spiro atoms. The SMILES string of the molecule is Cc1nc2ccccn2c1C(=O)N1CCN(c2ccc(-c3noc(C4CC4)n3)cn2)CC1. The highest BCUT2D eigenvalue weighted by Crippen LogP contribution is 2.39. The summed E-state index contributed by atoms with van der Waals surface area (Å²) in [5.74, 6) is 2.66. The van der Waals surface area contributed by atoms with E-state index in [4.69, 9.17) is 4.52 Å². The molecule has 9 nitrogen and oxygen atoms in total. The molecule has 1 aliphatic heterocycles. The Balaban J connectivity index is 1.13. The first-order valence-corrected chi connectivity index (χ1v) is 11.0. The molecule has 4 aromatic heterocycles. The quantitative estimate of drug-likeness (QED) is 0.492. The number of carbonyl (C=O) groups excluding carboxylic acids is 1. The first-order valence-electron chi connectivity index (χ1n) is 11.0. The lowest BCUT2D eigenvalue weighted by atomic mass is 10.2. The van der Waals surface area contributed by atoms with Crippen LogP contribution in [0.2, 0.25) is 0 Å². The number of carbonyl (C=O) groups is 1. The van der Waals surface area contributed by atoms with Gasteiger partial charge in [0.2, 0.25) is 11.7 Å². The van der Waals surface area contributed by atoms with Crippen LogP contribution < -0.4 is 4.90 Å². The predicted molar refractivity (Wildman–Crippen MR) is 118 cm³/mol. The molecule has 1 saturated carbocycles. The largest absolute Gasteiger partial charge is 0.353 e. The molecular formula is C23H23N7O2. The lowest BCUT2D eigenvalue weighted by Gasteiger charge is -2.35. The van der Waals surface area contributed by atoms with Gasteiger partial charge in [0.25, 0.3) is 5.91 Å².